The van der Waals surface area contributed by atoms with Crippen LogP contribution in [0.4, 0.5) is 0 Å². The first-order chi connectivity index (χ1) is 6.74. The molecule has 80 valence electrons. The van der Waals surface area contributed by atoms with Crippen molar-refractivity contribution in [1.82, 2.24) is 4.90 Å². The summed E-state index contributed by atoms with van der Waals surface area (Å²) in [5.74, 6) is 0.278. The lowest BCUT2D eigenvalue weighted by Crippen LogP contribution is -2.40. The van der Waals surface area contributed by atoms with Crippen molar-refractivity contribution in [3.05, 3.63) is 0 Å². The van der Waals surface area contributed by atoms with Gasteiger partial charge in [0.05, 0.1) is 6.04 Å². The number of hydrogen-bond acceptors (Lipinski definition) is 2. The Morgan fingerprint density at radius 3 is 2.64 bits per heavy atom. The number of nitrogens with zero attached hydrogens (tertiary/aromatic N) is 1. The lowest BCUT2D eigenvalue weighted by Gasteiger charge is -2.24. The summed E-state index contributed by atoms with van der Waals surface area (Å²) in [6.45, 7) is 4.81. The van der Waals surface area contributed by atoms with E-state index in [4.69, 9.17) is 0 Å². The Bertz CT molecular complexity index is 211. The Morgan fingerprint density at radius 1 is 1.50 bits per heavy atom. The van der Waals surface area contributed by atoms with Gasteiger partial charge in [-0.1, -0.05) is 13.8 Å². The van der Waals surface area contributed by atoms with Crippen molar-refractivity contribution in [2.75, 3.05) is 6.54 Å². The highest BCUT2D eigenvalue weighted by molar-refractivity contribution is 5.82. The molecule has 0 aliphatic carbocycles. The van der Waals surface area contributed by atoms with Crippen molar-refractivity contribution in [2.24, 2.45) is 5.92 Å². The zero-order valence-electron chi connectivity index (χ0n) is 9.03. The van der Waals surface area contributed by atoms with Gasteiger partial charge in [0.1, 0.15) is 6.29 Å². The van der Waals surface area contributed by atoms with Gasteiger partial charge in [0.25, 0.3) is 0 Å². The molecule has 1 amide bonds. The molecule has 1 aliphatic heterocycles. The summed E-state index contributed by atoms with van der Waals surface area (Å²) in [6.07, 6.45) is 4.47. The van der Waals surface area contributed by atoms with E-state index in [0.29, 0.717) is 0 Å². The van der Waals surface area contributed by atoms with Crippen LogP contribution in [0.2, 0.25) is 0 Å². The molecular weight excluding hydrogens is 178 g/mol. The molecule has 0 saturated carbocycles. The molecule has 0 aromatic rings. The summed E-state index contributed by atoms with van der Waals surface area (Å²) >= 11 is 0. The molecule has 14 heavy (non-hydrogen) atoms. The first kappa shape index (κ1) is 11.2. The van der Waals surface area contributed by atoms with E-state index in [1.165, 1.54) is 0 Å². The summed E-state index contributed by atoms with van der Waals surface area (Å²) in [5, 5.41) is 0. The minimum absolute atomic E-state index is 0.107. The van der Waals surface area contributed by atoms with Gasteiger partial charge >= 0.3 is 0 Å². The molecule has 0 spiro atoms. The van der Waals surface area contributed by atoms with Crippen LogP contribution in [0.15, 0.2) is 0 Å². The SMILES string of the molecule is CCC(CC)C(=O)N1CCCC1C=O. The second-order valence-corrected chi connectivity index (χ2v) is 3.89. The molecule has 3 nitrogen and oxygen atoms in total. The van der Waals surface area contributed by atoms with Crippen molar-refractivity contribution < 1.29 is 9.59 Å². The van der Waals surface area contributed by atoms with Crippen molar-refractivity contribution >= 4 is 12.2 Å². The summed E-state index contributed by atoms with van der Waals surface area (Å²) in [7, 11) is 0. The maximum atomic E-state index is 11.9. The normalized spacial score (nSPS) is 21.6. The van der Waals surface area contributed by atoms with Crippen molar-refractivity contribution in [3.63, 3.8) is 0 Å². The molecule has 1 saturated heterocycles. The van der Waals surface area contributed by atoms with Gasteiger partial charge < -0.3 is 9.69 Å². The van der Waals surface area contributed by atoms with Gasteiger partial charge in [0.15, 0.2) is 0 Å². The zero-order valence-corrected chi connectivity index (χ0v) is 9.03. The maximum absolute atomic E-state index is 11.9. The van der Waals surface area contributed by atoms with Crippen molar-refractivity contribution in [1.29, 1.82) is 0 Å². The molecule has 1 unspecified atom stereocenters. The van der Waals surface area contributed by atoms with Crippen LogP contribution in [0.1, 0.15) is 39.5 Å². The van der Waals surface area contributed by atoms with Crippen LogP contribution in [-0.2, 0) is 9.59 Å². The summed E-state index contributed by atoms with van der Waals surface area (Å²) in [6, 6.07) is -0.150. The van der Waals surface area contributed by atoms with Crippen LogP contribution in [0, 0.1) is 5.92 Å². The van der Waals surface area contributed by atoms with E-state index in [0.717, 1.165) is 38.5 Å². The van der Waals surface area contributed by atoms with Gasteiger partial charge in [-0.3, -0.25) is 4.79 Å². The second-order valence-electron chi connectivity index (χ2n) is 3.89. The molecular formula is C11H19NO2. The van der Waals surface area contributed by atoms with Crippen molar-refractivity contribution in [2.45, 2.75) is 45.6 Å². The van der Waals surface area contributed by atoms with Crippen LogP contribution in [-0.4, -0.2) is 29.7 Å². The number of carbonyl (C=O) groups excluding carboxylic acids is 2. The first-order valence-corrected chi connectivity index (χ1v) is 5.50. The molecule has 1 aliphatic rings. The Kier molecular flexibility index (Phi) is 4.11. The number of carbonyl (C=O) groups is 2. The van der Waals surface area contributed by atoms with E-state index in [2.05, 4.69) is 0 Å². The third-order valence-electron chi connectivity index (χ3n) is 3.07. The third kappa shape index (κ3) is 2.14. The number of rotatable bonds is 4. The largest absolute Gasteiger partial charge is 0.333 e. The highest BCUT2D eigenvalue weighted by Gasteiger charge is 2.31. The third-order valence-corrected chi connectivity index (χ3v) is 3.07. The fourth-order valence-electron chi connectivity index (χ4n) is 2.08. The van der Waals surface area contributed by atoms with Gasteiger partial charge in [0.2, 0.25) is 5.91 Å². The molecule has 3 heteroatoms. The summed E-state index contributed by atoms with van der Waals surface area (Å²) in [5.41, 5.74) is 0. The van der Waals surface area contributed by atoms with Gasteiger partial charge in [-0.25, -0.2) is 0 Å². The van der Waals surface area contributed by atoms with Crippen LogP contribution in [0.25, 0.3) is 0 Å². The van der Waals surface area contributed by atoms with Crippen molar-refractivity contribution in [3.8, 4) is 0 Å². The molecule has 0 aromatic carbocycles. The molecule has 0 N–H and O–H groups in total. The average Bonchev–Trinajstić information content (AvgIpc) is 2.67. The number of aldehydes is 1. The molecule has 0 radical (unpaired) electrons. The van der Waals surface area contributed by atoms with E-state index in [1.54, 1.807) is 4.90 Å². The lowest BCUT2D eigenvalue weighted by molar-refractivity contribution is -0.138. The Morgan fingerprint density at radius 2 is 2.14 bits per heavy atom. The number of hydrogen-bond donors (Lipinski definition) is 0. The predicted molar refractivity (Wildman–Crippen MR) is 54.9 cm³/mol. The fraction of sp³-hybridized carbons (Fsp3) is 0.818. The van der Waals surface area contributed by atoms with Gasteiger partial charge in [0, 0.05) is 12.5 Å². The lowest BCUT2D eigenvalue weighted by atomic mass is 10.0. The second kappa shape index (κ2) is 5.13. The number of likely N-dealkylation sites (tertiary alicyclic amines) is 1. The molecule has 1 rings (SSSR count). The van der Waals surface area contributed by atoms with E-state index in [-0.39, 0.29) is 17.9 Å². The number of amides is 1. The smallest absolute Gasteiger partial charge is 0.226 e. The first-order valence-electron chi connectivity index (χ1n) is 5.50. The van der Waals surface area contributed by atoms with E-state index in [1.807, 2.05) is 13.8 Å². The predicted octanol–water partition coefficient (Wildman–Crippen LogP) is 1.61. The average molecular weight is 197 g/mol. The van der Waals surface area contributed by atoms with E-state index >= 15 is 0 Å². The maximum Gasteiger partial charge on any atom is 0.226 e. The Balaban J connectivity index is 2.62. The van der Waals surface area contributed by atoms with E-state index < -0.39 is 0 Å². The fourth-order valence-corrected chi connectivity index (χ4v) is 2.08. The van der Waals surface area contributed by atoms with Gasteiger partial charge in [-0.05, 0) is 25.7 Å². The molecule has 1 atom stereocenters. The van der Waals surface area contributed by atoms with Crippen LogP contribution in [0.3, 0.4) is 0 Å². The standard InChI is InChI=1S/C11H19NO2/c1-3-9(4-2)11(14)12-7-5-6-10(12)8-13/h8-10H,3-7H2,1-2H3. The highest BCUT2D eigenvalue weighted by Crippen LogP contribution is 2.20. The molecule has 0 bridgehead atoms. The topological polar surface area (TPSA) is 37.4 Å². The van der Waals surface area contributed by atoms with Crippen LogP contribution >= 0.6 is 0 Å². The quantitative estimate of drug-likeness (QED) is 0.642. The van der Waals surface area contributed by atoms with Gasteiger partial charge in [-0.15, -0.1) is 0 Å². The Labute approximate surface area is 85.5 Å². The van der Waals surface area contributed by atoms with E-state index in [9.17, 15) is 9.59 Å². The van der Waals surface area contributed by atoms with Crippen LogP contribution < -0.4 is 0 Å². The molecule has 0 aromatic heterocycles. The molecule has 1 heterocycles. The minimum atomic E-state index is -0.150. The Hall–Kier alpha value is -0.860. The molecule has 1 fully saturated rings. The summed E-state index contributed by atoms with van der Waals surface area (Å²) in [4.78, 5) is 24.4. The summed E-state index contributed by atoms with van der Waals surface area (Å²) < 4.78 is 0. The van der Waals surface area contributed by atoms with Gasteiger partial charge in [-0.2, -0.15) is 0 Å². The monoisotopic (exact) mass is 197 g/mol. The zero-order chi connectivity index (χ0) is 10.6. The van der Waals surface area contributed by atoms with Crippen LogP contribution in [0.5, 0.6) is 0 Å². The highest BCUT2D eigenvalue weighted by atomic mass is 16.2. The minimum Gasteiger partial charge on any atom is -0.333 e.